The summed E-state index contributed by atoms with van der Waals surface area (Å²) in [5, 5.41) is 1.58. The third-order valence-corrected chi connectivity index (χ3v) is 3.27. The average Bonchev–Trinajstić information content (AvgIpc) is 3.04. The highest BCUT2D eigenvalue weighted by Crippen LogP contribution is 2.37. The van der Waals surface area contributed by atoms with E-state index in [1.807, 2.05) is 0 Å². The van der Waals surface area contributed by atoms with E-state index in [0.29, 0.717) is 10.6 Å². The van der Waals surface area contributed by atoms with Gasteiger partial charge >= 0.3 is 12.1 Å². The molecule has 0 aliphatic carbocycles. The lowest BCUT2D eigenvalue weighted by atomic mass is 10.3. The minimum atomic E-state index is -4.81. The first-order valence-corrected chi connectivity index (χ1v) is 6.62. The number of hydrogen-bond acceptors (Lipinski definition) is 6. The minimum Gasteiger partial charge on any atom is -0.496 e. The average molecular weight is 321 g/mol. The highest BCUT2D eigenvalue weighted by atomic mass is 32.1. The molecular formula is C12H10F3NO4S. The van der Waals surface area contributed by atoms with Gasteiger partial charge in [-0.1, -0.05) is 0 Å². The SMILES string of the molecule is CCOC(=O)c1oc(-c2cc(OC)cs2)nc1C(F)(F)F. The molecule has 0 atom stereocenters. The number of carbonyl (C=O) groups is 1. The molecule has 5 nitrogen and oxygen atoms in total. The summed E-state index contributed by atoms with van der Waals surface area (Å²) in [6.07, 6.45) is -4.81. The van der Waals surface area contributed by atoms with Gasteiger partial charge in [-0.05, 0) is 6.92 Å². The fraction of sp³-hybridized carbons (Fsp3) is 0.333. The topological polar surface area (TPSA) is 61.6 Å². The van der Waals surface area contributed by atoms with Crippen LogP contribution >= 0.6 is 11.3 Å². The van der Waals surface area contributed by atoms with Crippen molar-refractivity contribution < 1.29 is 31.9 Å². The highest BCUT2D eigenvalue weighted by Gasteiger charge is 2.42. The first-order valence-electron chi connectivity index (χ1n) is 5.74. The fourth-order valence-electron chi connectivity index (χ4n) is 1.49. The Morgan fingerprint density at radius 3 is 2.71 bits per heavy atom. The zero-order chi connectivity index (χ0) is 15.6. The first kappa shape index (κ1) is 15.4. The number of carbonyl (C=O) groups excluding carboxylic acids is 1. The number of thiophene rings is 1. The Morgan fingerprint density at radius 2 is 2.19 bits per heavy atom. The number of esters is 1. The monoisotopic (exact) mass is 321 g/mol. The highest BCUT2D eigenvalue weighted by molar-refractivity contribution is 7.13. The van der Waals surface area contributed by atoms with Crippen LogP contribution in [0.25, 0.3) is 10.8 Å². The molecule has 0 aliphatic rings. The molecule has 2 aromatic rings. The molecule has 0 fully saturated rings. The predicted octanol–water partition coefficient (Wildman–Crippen LogP) is 3.61. The van der Waals surface area contributed by atoms with Crippen molar-refractivity contribution in [2.24, 2.45) is 0 Å². The standard InChI is InChI=1S/C12H10F3NO4S/c1-3-19-11(17)8-9(12(13,14)15)16-10(20-8)7-4-6(18-2)5-21-7/h4-5H,3H2,1-2H3. The maximum Gasteiger partial charge on any atom is 0.437 e. The molecule has 2 rings (SSSR count). The number of rotatable bonds is 4. The summed E-state index contributed by atoms with van der Waals surface area (Å²) in [4.78, 5) is 15.2. The van der Waals surface area contributed by atoms with Gasteiger partial charge in [-0.25, -0.2) is 9.78 Å². The van der Waals surface area contributed by atoms with E-state index in [9.17, 15) is 18.0 Å². The number of oxazole rings is 1. The first-order chi connectivity index (χ1) is 9.86. The smallest absolute Gasteiger partial charge is 0.437 e. The number of halogens is 3. The van der Waals surface area contributed by atoms with Crippen molar-refractivity contribution in [1.82, 2.24) is 4.98 Å². The number of nitrogens with zero attached hydrogens (tertiary/aromatic N) is 1. The van der Waals surface area contributed by atoms with Crippen molar-refractivity contribution in [3.05, 3.63) is 22.9 Å². The summed E-state index contributed by atoms with van der Waals surface area (Å²) in [6.45, 7) is 1.41. The van der Waals surface area contributed by atoms with Gasteiger partial charge in [-0.3, -0.25) is 0 Å². The summed E-state index contributed by atoms with van der Waals surface area (Å²) in [6, 6.07) is 1.46. The second-order valence-corrected chi connectivity index (χ2v) is 4.68. The molecule has 0 saturated heterocycles. The van der Waals surface area contributed by atoms with Crippen molar-refractivity contribution in [2.75, 3.05) is 13.7 Å². The van der Waals surface area contributed by atoms with E-state index in [0.717, 1.165) is 11.3 Å². The zero-order valence-electron chi connectivity index (χ0n) is 11.0. The molecule has 0 radical (unpaired) electrons. The largest absolute Gasteiger partial charge is 0.496 e. The van der Waals surface area contributed by atoms with E-state index in [1.54, 1.807) is 5.38 Å². The second-order valence-electron chi connectivity index (χ2n) is 3.77. The molecule has 0 spiro atoms. The Bertz CT molecular complexity index is 647. The van der Waals surface area contributed by atoms with Crippen LogP contribution in [0.4, 0.5) is 13.2 Å². The quantitative estimate of drug-likeness (QED) is 0.805. The Morgan fingerprint density at radius 1 is 1.48 bits per heavy atom. The molecular weight excluding hydrogens is 311 g/mol. The molecule has 0 N–H and O–H groups in total. The number of methoxy groups -OCH3 is 1. The number of aromatic nitrogens is 1. The van der Waals surface area contributed by atoms with Gasteiger partial charge in [0.25, 0.3) is 0 Å². The van der Waals surface area contributed by atoms with Gasteiger partial charge in [0, 0.05) is 11.4 Å². The molecule has 9 heteroatoms. The molecule has 2 heterocycles. The second kappa shape index (κ2) is 5.76. The molecule has 114 valence electrons. The van der Waals surface area contributed by atoms with Gasteiger partial charge < -0.3 is 13.9 Å². The van der Waals surface area contributed by atoms with Crippen LogP contribution in [0.15, 0.2) is 15.9 Å². The van der Waals surface area contributed by atoms with Crippen LogP contribution in [0.3, 0.4) is 0 Å². The molecule has 0 aromatic carbocycles. The fourth-order valence-corrected chi connectivity index (χ4v) is 2.27. The summed E-state index contributed by atoms with van der Waals surface area (Å²) in [5.74, 6) is -2.00. The molecule has 2 aromatic heterocycles. The minimum absolute atomic E-state index is 0.0704. The Balaban J connectivity index is 2.47. The van der Waals surface area contributed by atoms with E-state index in [-0.39, 0.29) is 12.5 Å². The molecule has 0 saturated carbocycles. The van der Waals surface area contributed by atoms with Crippen LogP contribution < -0.4 is 4.74 Å². The lowest BCUT2D eigenvalue weighted by molar-refractivity contribution is -0.141. The summed E-state index contributed by atoms with van der Waals surface area (Å²) >= 11 is 1.08. The van der Waals surface area contributed by atoms with Crippen molar-refractivity contribution >= 4 is 17.3 Å². The summed E-state index contributed by atoms with van der Waals surface area (Å²) in [5.41, 5.74) is -1.40. The molecule has 0 bridgehead atoms. The number of hydrogen-bond donors (Lipinski definition) is 0. The van der Waals surface area contributed by atoms with Gasteiger partial charge in [-0.15, -0.1) is 11.3 Å². The van der Waals surface area contributed by atoms with Crippen LogP contribution in [-0.4, -0.2) is 24.7 Å². The lowest BCUT2D eigenvalue weighted by Gasteiger charge is -2.03. The molecule has 21 heavy (non-hydrogen) atoms. The van der Waals surface area contributed by atoms with Gasteiger partial charge in [0.2, 0.25) is 11.7 Å². The van der Waals surface area contributed by atoms with E-state index in [1.165, 1.54) is 20.1 Å². The number of alkyl halides is 3. The van der Waals surface area contributed by atoms with Crippen molar-refractivity contribution in [2.45, 2.75) is 13.1 Å². The molecule has 0 aliphatic heterocycles. The normalized spacial score (nSPS) is 11.5. The molecule has 0 amide bonds. The van der Waals surface area contributed by atoms with E-state index >= 15 is 0 Å². The number of ether oxygens (including phenoxy) is 2. The third kappa shape index (κ3) is 3.18. The van der Waals surface area contributed by atoms with Gasteiger partial charge in [0.05, 0.1) is 18.6 Å². The Labute approximate surface area is 121 Å². The zero-order valence-corrected chi connectivity index (χ0v) is 11.8. The van der Waals surface area contributed by atoms with Crippen LogP contribution in [0.5, 0.6) is 5.75 Å². The molecule has 0 unspecified atom stereocenters. The van der Waals surface area contributed by atoms with E-state index in [4.69, 9.17) is 9.15 Å². The maximum absolute atomic E-state index is 12.9. The van der Waals surface area contributed by atoms with Crippen LogP contribution in [0.1, 0.15) is 23.2 Å². The maximum atomic E-state index is 12.9. The van der Waals surface area contributed by atoms with Gasteiger partial charge in [0.15, 0.2) is 5.69 Å². The lowest BCUT2D eigenvalue weighted by Crippen LogP contribution is -2.14. The summed E-state index contributed by atoms with van der Waals surface area (Å²) in [7, 11) is 1.42. The third-order valence-electron chi connectivity index (χ3n) is 2.38. The van der Waals surface area contributed by atoms with Crippen molar-refractivity contribution in [1.29, 1.82) is 0 Å². The Hall–Kier alpha value is -2.03. The van der Waals surface area contributed by atoms with Crippen molar-refractivity contribution in [3.8, 4) is 16.5 Å². The van der Waals surface area contributed by atoms with Gasteiger partial charge in [0.1, 0.15) is 5.75 Å². The Kier molecular flexibility index (Phi) is 4.21. The van der Waals surface area contributed by atoms with E-state index in [2.05, 4.69) is 9.72 Å². The van der Waals surface area contributed by atoms with E-state index < -0.39 is 23.6 Å². The predicted molar refractivity (Wildman–Crippen MR) is 67.3 cm³/mol. The summed E-state index contributed by atoms with van der Waals surface area (Å²) < 4.78 is 53.1. The van der Waals surface area contributed by atoms with Crippen molar-refractivity contribution in [3.63, 3.8) is 0 Å². The van der Waals surface area contributed by atoms with Gasteiger partial charge in [-0.2, -0.15) is 13.2 Å². The van der Waals surface area contributed by atoms with Crippen LogP contribution in [-0.2, 0) is 10.9 Å². The van der Waals surface area contributed by atoms with Crippen LogP contribution in [0, 0.1) is 0 Å². The van der Waals surface area contributed by atoms with Crippen LogP contribution in [0.2, 0.25) is 0 Å².